The van der Waals surface area contributed by atoms with Crippen LogP contribution in [0.1, 0.15) is 78.1 Å². The van der Waals surface area contributed by atoms with Crippen molar-refractivity contribution in [2.24, 2.45) is 0 Å². The first-order valence-corrected chi connectivity index (χ1v) is 18.1. The molecule has 0 aromatic carbocycles. The van der Waals surface area contributed by atoms with Crippen molar-refractivity contribution in [2.75, 3.05) is 0 Å². The van der Waals surface area contributed by atoms with Crippen LogP contribution in [0, 0.1) is 0 Å². The van der Waals surface area contributed by atoms with Crippen molar-refractivity contribution < 1.29 is 22.2 Å². The van der Waals surface area contributed by atoms with E-state index in [1.165, 1.54) is 38.5 Å². The molecule has 0 saturated carbocycles. The Kier molecular flexibility index (Phi) is 13.9. The first-order chi connectivity index (χ1) is 12.1. The summed E-state index contributed by atoms with van der Waals surface area (Å²) >= 11 is 0. The van der Waals surface area contributed by atoms with Crippen LogP contribution >= 0.6 is 7.82 Å². The highest BCUT2D eigenvalue weighted by Gasteiger charge is 2.42. The van der Waals surface area contributed by atoms with Gasteiger partial charge in [0, 0.05) is 0 Å². The Morgan fingerprint density at radius 3 is 1.35 bits per heavy atom. The molecule has 0 N–H and O–H groups in total. The maximum atomic E-state index is 13.1. The van der Waals surface area contributed by atoms with E-state index >= 15 is 0 Å². The van der Waals surface area contributed by atoms with Gasteiger partial charge < -0.3 is 8.43 Å². The van der Waals surface area contributed by atoms with Crippen LogP contribution in [-0.2, 0) is 17.7 Å². The van der Waals surface area contributed by atoms with Gasteiger partial charge in [0.05, 0.1) is 0 Å². The lowest BCUT2D eigenvalue weighted by molar-refractivity contribution is -0.0354. The van der Waals surface area contributed by atoms with Gasteiger partial charge in [-0.25, -0.2) is 4.57 Å². The molecule has 26 heavy (non-hydrogen) atoms. The van der Waals surface area contributed by atoms with Gasteiger partial charge in [0.2, 0.25) is 16.6 Å². The largest absolute Gasteiger partial charge is 0.486 e. The molecular weight excluding hydrogens is 386 g/mol. The monoisotopic (exact) mass is 428 g/mol. The predicted molar refractivity (Wildman–Crippen MR) is 114 cm³/mol. The van der Waals surface area contributed by atoms with Gasteiger partial charge >= 0.3 is 7.82 Å². The summed E-state index contributed by atoms with van der Waals surface area (Å²) in [5.74, 6) is 0. The van der Waals surface area contributed by atoms with Gasteiger partial charge in [-0.15, -0.1) is 0 Å². The standard InChI is InChI=1S/C18H42FO4PSi2/c1-7-9-11-13-15-17-25(3,4)22-24(20,21-19)23-26(5,6)18-16-14-12-10-8-2/h7-18H2,1-6H3. The highest BCUT2D eigenvalue weighted by molar-refractivity contribution is 7.52. The third kappa shape index (κ3) is 13.6. The lowest BCUT2D eigenvalue weighted by Gasteiger charge is -2.31. The summed E-state index contributed by atoms with van der Waals surface area (Å²) < 4.78 is 40.9. The smallest absolute Gasteiger partial charge is 0.329 e. The minimum absolute atomic E-state index is 0.840. The zero-order valence-electron chi connectivity index (χ0n) is 17.9. The first-order valence-electron chi connectivity index (χ1n) is 10.4. The summed E-state index contributed by atoms with van der Waals surface area (Å²) in [7, 11) is -8.71. The van der Waals surface area contributed by atoms with Gasteiger partial charge in [0.1, 0.15) is 0 Å². The molecule has 0 aromatic heterocycles. The van der Waals surface area contributed by atoms with Crippen LogP contribution in [0.4, 0.5) is 4.53 Å². The first kappa shape index (κ1) is 26.5. The van der Waals surface area contributed by atoms with Gasteiger partial charge in [-0.3, -0.25) is 0 Å². The lowest BCUT2D eigenvalue weighted by Crippen LogP contribution is -2.34. The maximum Gasteiger partial charge on any atom is 0.486 e. The van der Waals surface area contributed by atoms with Crippen LogP contribution in [-0.4, -0.2) is 16.6 Å². The van der Waals surface area contributed by atoms with Crippen molar-refractivity contribution in [3.8, 4) is 0 Å². The number of hydrogen-bond donors (Lipinski definition) is 0. The predicted octanol–water partition coefficient (Wildman–Crippen LogP) is 8.38. The fraction of sp³-hybridized carbons (Fsp3) is 1.00. The highest BCUT2D eigenvalue weighted by atomic mass is 31.2. The summed E-state index contributed by atoms with van der Waals surface area (Å²) in [5, 5.41) is 0. The Hall–Kier alpha value is 0.474. The minimum Gasteiger partial charge on any atom is -0.329 e. The third-order valence-corrected chi connectivity index (χ3v) is 13.6. The van der Waals surface area contributed by atoms with Crippen LogP contribution in [0.2, 0.25) is 38.3 Å². The van der Waals surface area contributed by atoms with Crippen molar-refractivity contribution in [1.29, 1.82) is 0 Å². The SMILES string of the molecule is CCCCCCC[Si](C)(C)OP(=O)(OF)O[Si](C)(C)CCCCCCC. The summed E-state index contributed by atoms with van der Waals surface area (Å²) in [6.07, 6.45) is 11.6. The van der Waals surface area contributed by atoms with Crippen LogP contribution in [0.25, 0.3) is 0 Å². The topological polar surface area (TPSA) is 44.8 Å². The molecule has 0 aliphatic rings. The fourth-order valence-electron chi connectivity index (χ4n) is 3.05. The zero-order valence-corrected chi connectivity index (χ0v) is 20.8. The summed E-state index contributed by atoms with van der Waals surface area (Å²) in [4.78, 5) is 0. The van der Waals surface area contributed by atoms with Crippen molar-refractivity contribution in [1.82, 2.24) is 0 Å². The molecule has 0 heterocycles. The minimum atomic E-state index is -4.11. The second-order valence-electron chi connectivity index (χ2n) is 8.55. The number of unbranched alkanes of at least 4 members (excludes halogenated alkanes) is 8. The Balaban J connectivity index is 4.47. The molecule has 0 aromatic rings. The number of rotatable bonds is 17. The highest BCUT2D eigenvalue weighted by Crippen LogP contribution is 2.55. The van der Waals surface area contributed by atoms with Crippen LogP contribution < -0.4 is 0 Å². The Labute approximate surface area is 163 Å². The average molecular weight is 429 g/mol. The molecule has 8 heteroatoms. The van der Waals surface area contributed by atoms with E-state index in [0.29, 0.717) is 0 Å². The van der Waals surface area contributed by atoms with E-state index < -0.39 is 24.5 Å². The Morgan fingerprint density at radius 1 is 0.692 bits per heavy atom. The molecule has 0 aliphatic heterocycles. The molecular formula is C18H42FO4PSi2. The van der Waals surface area contributed by atoms with Gasteiger partial charge in [-0.2, -0.15) is 0 Å². The van der Waals surface area contributed by atoms with E-state index in [2.05, 4.69) is 18.6 Å². The second-order valence-corrected chi connectivity index (χ2v) is 19.1. The molecule has 0 rings (SSSR count). The van der Waals surface area contributed by atoms with Gasteiger partial charge in [-0.1, -0.05) is 82.8 Å². The molecule has 0 aliphatic carbocycles. The van der Waals surface area contributed by atoms with Gasteiger partial charge in [0.15, 0.2) is 0 Å². The van der Waals surface area contributed by atoms with Crippen molar-refractivity contribution in [3.05, 3.63) is 0 Å². The third-order valence-electron chi connectivity index (χ3n) is 4.57. The van der Waals surface area contributed by atoms with Gasteiger partial charge in [0.25, 0.3) is 0 Å². The van der Waals surface area contributed by atoms with Crippen LogP contribution in [0.5, 0.6) is 0 Å². The van der Waals surface area contributed by atoms with E-state index in [-0.39, 0.29) is 0 Å². The summed E-state index contributed by atoms with van der Waals surface area (Å²) in [6, 6.07) is 1.68. The second kappa shape index (κ2) is 13.6. The summed E-state index contributed by atoms with van der Waals surface area (Å²) in [6.45, 7) is 12.2. The molecule has 0 unspecified atom stereocenters. The molecule has 0 amide bonds. The van der Waals surface area contributed by atoms with Crippen molar-refractivity contribution in [3.63, 3.8) is 0 Å². The molecule has 0 spiro atoms. The van der Waals surface area contributed by atoms with Crippen molar-refractivity contribution >= 4 is 24.5 Å². The lowest BCUT2D eigenvalue weighted by atomic mass is 10.2. The van der Waals surface area contributed by atoms with Crippen LogP contribution in [0.3, 0.4) is 0 Å². The molecule has 4 nitrogen and oxygen atoms in total. The molecule has 0 radical (unpaired) electrons. The van der Waals surface area contributed by atoms with E-state index in [1.54, 1.807) is 0 Å². The zero-order chi connectivity index (χ0) is 20.1. The summed E-state index contributed by atoms with van der Waals surface area (Å²) in [5.41, 5.74) is 0. The van der Waals surface area contributed by atoms with E-state index in [9.17, 15) is 9.09 Å². The molecule has 0 saturated heterocycles. The number of hydrogen-bond acceptors (Lipinski definition) is 4. The molecule has 0 fully saturated rings. The van der Waals surface area contributed by atoms with Crippen molar-refractivity contribution in [2.45, 2.75) is 116 Å². The van der Waals surface area contributed by atoms with E-state index in [4.69, 9.17) is 8.43 Å². The fourth-order valence-corrected chi connectivity index (χ4v) is 11.5. The Morgan fingerprint density at radius 2 is 1.04 bits per heavy atom. The van der Waals surface area contributed by atoms with Crippen LogP contribution in [0.15, 0.2) is 0 Å². The Bertz CT molecular complexity index is 377. The van der Waals surface area contributed by atoms with Gasteiger partial charge in [-0.05, 0) is 42.8 Å². The number of phosphoric acid groups is 1. The normalized spacial score (nSPS) is 13.3. The quantitative estimate of drug-likeness (QED) is 0.133. The number of halogens is 1. The van der Waals surface area contributed by atoms with E-state index in [1.807, 2.05) is 26.2 Å². The molecule has 0 bridgehead atoms. The van der Waals surface area contributed by atoms with E-state index in [0.717, 1.165) is 37.8 Å². The molecule has 0 atom stereocenters. The molecule has 158 valence electrons. The average Bonchev–Trinajstić information content (AvgIpc) is 2.53. The maximum absolute atomic E-state index is 13.1.